The molecule has 0 spiro atoms. The molecule has 1 amide bonds. The zero-order chi connectivity index (χ0) is 19.9. The van der Waals surface area contributed by atoms with Crippen LogP contribution in [0.1, 0.15) is 46.1 Å². The first-order valence-corrected chi connectivity index (χ1v) is 9.57. The summed E-state index contributed by atoms with van der Waals surface area (Å²) in [5.41, 5.74) is 0.418. The standard InChI is InChI=1S/C21H31NO5/c1-5-25-18-11-12-22(14-17(18)13-19(23)27-21(2,3)4)20(24)26-15-16-9-7-6-8-10-16/h6-10,17-18H,5,11-15H2,1-4H3/t17-,18-/m0/s1. The minimum absolute atomic E-state index is 0.0549. The van der Waals surface area contributed by atoms with E-state index < -0.39 is 5.60 Å². The van der Waals surface area contributed by atoms with Crippen molar-refractivity contribution in [3.05, 3.63) is 35.9 Å². The van der Waals surface area contributed by atoms with Crippen LogP contribution in [0.15, 0.2) is 30.3 Å². The number of piperidine rings is 1. The van der Waals surface area contributed by atoms with Crippen LogP contribution < -0.4 is 0 Å². The van der Waals surface area contributed by atoms with Crippen LogP contribution in [-0.2, 0) is 25.6 Å². The lowest BCUT2D eigenvalue weighted by Gasteiger charge is -2.37. The van der Waals surface area contributed by atoms with Gasteiger partial charge in [0.15, 0.2) is 0 Å². The van der Waals surface area contributed by atoms with Crippen LogP contribution in [0.3, 0.4) is 0 Å². The number of hydrogen-bond acceptors (Lipinski definition) is 5. The van der Waals surface area contributed by atoms with Gasteiger partial charge in [0.05, 0.1) is 12.5 Å². The van der Waals surface area contributed by atoms with E-state index in [1.165, 1.54) is 0 Å². The third-order valence-corrected chi connectivity index (χ3v) is 4.36. The second-order valence-corrected chi connectivity index (χ2v) is 7.82. The van der Waals surface area contributed by atoms with Crippen LogP contribution in [0.25, 0.3) is 0 Å². The van der Waals surface area contributed by atoms with Crippen molar-refractivity contribution in [3.63, 3.8) is 0 Å². The van der Waals surface area contributed by atoms with Crippen molar-refractivity contribution in [1.29, 1.82) is 0 Å². The predicted octanol–water partition coefficient (Wildman–Crippen LogP) is 3.78. The highest BCUT2D eigenvalue weighted by atomic mass is 16.6. The molecule has 6 heteroatoms. The van der Waals surface area contributed by atoms with Gasteiger partial charge in [-0.15, -0.1) is 0 Å². The molecule has 1 aliphatic rings. The van der Waals surface area contributed by atoms with Gasteiger partial charge in [-0.25, -0.2) is 4.79 Å². The Morgan fingerprint density at radius 3 is 2.52 bits per heavy atom. The molecule has 2 rings (SSSR count). The number of likely N-dealkylation sites (tertiary alicyclic amines) is 1. The van der Waals surface area contributed by atoms with E-state index in [1.807, 2.05) is 58.0 Å². The molecule has 1 saturated heterocycles. The van der Waals surface area contributed by atoms with Gasteiger partial charge in [0.25, 0.3) is 0 Å². The summed E-state index contributed by atoms with van der Waals surface area (Å²) in [6.07, 6.45) is 0.496. The van der Waals surface area contributed by atoms with E-state index in [4.69, 9.17) is 14.2 Å². The fraction of sp³-hybridized carbons (Fsp3) is 0.619. The number of ether oxygens (including phenoxy) is 3. The highest BCUT2D eigenvalue weighted by Crippen LogP contribution is 2.25. The molecule has 0 bridgehead atoms. The first kappa shape index (κ1) is 21.2. The van der Waals surface area contributed by atoms with E-state index in [2.05, 4.69) is 0 Å². The molecule has 150 valence electrons. The maximum absolute atomic E-state index is 12.4. The summed E-state index contributed by atoms with van der Waals surface area (Å²) in [7, 11) is 0. The zero-order valence-electron chi connectivity index (χ0n) is 16.8. The molecular weight excluding hydrogens is 346 g/mol. The first-order chi connectivity index (χ1) is 12.8. The third kappa shape index (κ3) is 7.21. The van der Waals surface area contributed by atoms with Gasteiger partial charge in [-0.1, -0.05) is 30.3 Å². The monoisotopic (exact) mass is 377 g/mol. The van der Waals surface area contributed by atoms with Gasteiger partial charge in [-0.3, -0.25) is 4.79 Å². The molecule has 27 heavy (non-hydrogen) atoms. The summed E-state index contributed by atoms with van der Waals surface area (Å²) in [6, 6.07) is 9.58. The van der Waals surface area contributed by atoms with Crippen molar-refractivity contribution in [2.75, 3.05) is 19.7 Å². The lowest BCUT2D eigenvalue weighted by Crippen LogP contribution is -2.48. The van der Waals surface area contributed by atoms with Crippen molar-refractivity contribution < 1.29 is 23.8 Å². The Hall–Kier alpha value is -2.08. The van der Waals surface area contributed by atoms with E-state index in [1.54, 1.807) is 4.90 Å². The van der Waals surface area contributed by atoms with Gasteiger partial charge in [0.2, 0.25) is 0 Å². The minimum atomic E-state index is -0.527. The Morgan fingerprint density at radius 1 is 1.19 bits per heavy atom. The van der Waals surface area contributed by atoms with Crippen molar-refractivity contribution in [2.45, 2.75) is 58.8 Å². The molecule has 0 N–H and O–H groups in total. The number of nitrogens with zero attached hydrogens (tertiary/aromatic N) is 1. The highest BCUT2D eigenvalue weighted by molar-refractivity contribution is 5.71. The molecular formula is C21H31NO5. The topological polar surface area (TPSA) is 65.1 Å². The summed E-state index contributed by atoms with van der Waals surface area (Å²) < 4.78 is 16.7. The summed E-state index contributed by atoms with van der Waals surface area (Å²) in [5.74, 6) is -0.366. The number of esters is 1. The lowest BCUT2D eigenvalue weighted by molar-refractivity contribution is -0.158. The summed E-state index contributed by atoms with van der Waals surface area (Å²) >= 11 is 0. The molecule has 0 radical (unpaired) electrons. The lowest BCUT2D eigenvalue weighted by atomic mass is 9.91. The van der Waals surface area contributed by atoms with E-state index >= 15 is 0 Å². The average Bonchev–Trinajstić information content (AvgIpc) is 2.60. The first-order valence-electron chi connectivity index (χ1n) is 9.57. The van der Waals surface area contributed by atoms with E-state index in [-0.39, 0.29) is 37.1 Å². The van der Waals surface area contributed by atoms with Crippen molar-refractivity contribution >= 4 is 12.1 Å². The molecule has 2 atom stereocenters. The second kappa shape index (κ2) is 9.74. The maximum atomic E-state index is 12.4. The van der Waals surface area contributed by atoms with Crippen molar-refractivity contribution in [1.82, 2.24) is 4.90 Å². The molecule has 1 aromatic rings. The zero-order valence-corrected chi connectivity index (χ0v) is 16.8. The minimum Gasteiger partial charge on any atom is -0.460 e. The summed E-state index contributed by atoms with van der Waals surface area (Å²) in [5, 5.41) is 0. The van der Waals surface area contributed by atoms with Gasteiger partial charge < -0.3 is 19.1 Å². The summed E-state index contributed by atoms with van der Waals surface area (Å²) in [6.45, 7) is 9.28. The Balaban J connectivity index is 1.93. The van der Waals surface area contributed by atoms with Gasteiger partial charge in [-0.05, 0) is 39.7 Å². The fourth-order valence-electron chi connectivity index (χ4n) is 3.21. The Kier molecular flexibility index (Phi) is 7.66. The van der Waals surface area contributed by atoms with E-state index in [0.717, 1.165) is 5.56 Å². The smallest absolute Gasteiger partial charge is 0.410 e. The molecule has 1 aromatic carbocycles. The van der Waals surface area contributed by atoms with Crippen LogP contribution in [0, 0.1) is 5.92 Å². The Morgan fingerprint density at radius 2 is 1.89 bits per heavy atom. The van der Waals surface area contributed by atoms with Crippen LogP contribution in [-0.4, -0.2) is 48.4 Å². The van der Waals surface area contributed by atoms with E-state index in [9.17, 15) is 9.59 Å². The summed E-state index contributed by atoms with van der Waals surface area (Å²) in [4.78, 5) is 26.4. The van der Waals surface area contributed by atoms with E-state index in [0.29, 0.717) is 26.1 Å². The number of amides is 1. The Labute approximate surface area is 161 Å². The maximum Gasteiger partial charge on any atom is 0.410 e. The van der Waals surface area contributed by atoms with Gasteiger partial charge in [0, 0.05) is 25.6 Å². The molecule has 1 heterocycles. The van der Waals surface area contributed by atoms with Crippen LogP contribution in [0.4, 0.5) is 4.79 Å². The van der Waals surface area contributed by atoms with Crippen molar-refractivity contribution in [2.24, 2.45) is 5.92 Å². The van der Waals surface area contributed by atoms with Crippen LogP contribution in [0.5, 0.6) is 0 Å². The SMILES string of the molecule is CCO[C@H]1CCN(C(=O)OCc2ccccc2)C[C@@H]1CC(=O)OC(C)(C)C. The molecule has 6 nitrogen and oxygen atoms in total. The molecule has 0 unspecified atom stereocenters. The molecule has 0 saturated carbocycles. The normalized spacial score (nSPS) is 20.2. The number of hydrogen-bond donors (Lipinski definition) is 0. The average molecular weight is 377 g/mol. The van der Waals surface area contributed by atoms with Crippen LogP contribution >= 0.6 is 0 Å². The van der Waals surface area contributed by atoms with Gasteiger partial charge in [-0.2, -0.15) is 0 Å². The quantitative estimate of drug-likeness (QED) is 0.706. The van der Waals surface area contributed by atoms with Gasteiger partial charge >= 0.3 is 12.1 Å². The number of carbonyl (C=O) groups is 2. The third-order valence-electron chi connectivity index (χ3n) is 4.36. The second-order valence-electron chi connectivity index (χ2n) is 7.82. The molecule has 0 aliphatic carbocycles. The number of benzene rings is 1. The van der Waals surface area contributed by atoms with Gasteiger partial charge in [0.1, 0.15) is 12.2 Å². The molecule has 1 aliphatic heterocycles. The largest absolute Gasteiger partial charge is 0.460 e. The van der Waals surface area contributed by atoms with Crippen LogP contribution in [0.2, 0.25) is 0 Å². The predicted molar refractivity (Wildman–Crippen MR) is 102 cm³/mol. The number of carbonyl (C=O) groups excluding carboxylic acids is 2. The van der Waals surface area contributed by atoms with Crippen molar-refractivity contribution in [3.8, 4) is 0 Å². The Bertz CT molecular complexity index is 611. The molecule has 0 aromatic heterocycles. The number of rotatable bonds is 6. The molecule has 1 fully saturated rings. The highest BCUT2D eigenvalue weighted by Gasteiger charge is 2.35. The fourth-order valence-corrected chi connectivity index (χ4v) is 3.21.